The molecule has 0 saturated heterocycles. The molecule has 0 radical (unpaired) electrons. The second-order valence-corrected chi connectivity index (χ2v) is 7.08. The molecule has 0 bridgehead atoms. The molecular weight excluding hydrogens is 338 g/mol. The van der Waals surface area contributed by atoms with Crippen LogP contribution >= 0.6 is 27.3 Å². The molecule has 1 heterocycles. The zero-order valence-electron chi connectivity index (χ0n) is 10.7. The van der Waals surface area contributed by atoms with Gasteiger partial charge in [0.25, 0.3) is 0 Å². The van der Waals surface area contributed by atoms with E-state index in [4.69, 9.17) is 5.73 Å². The molecule has 20 heavy (non-hydrogen) atoms. The monoisotopic (exact) mass is 351 g/mol. The topological polar surface area (TPSA) is 68.0 Å². The number of nitrogens with zero attached hydrogens (tertiary/aromatic N) is 1. The summed E-state index contributed by atoms with van der Waals surface area (Å²) in [6, 6.07) is 8.16. The number of hydrogen-bond acceptors (Lipinski definition) is 4. The molecule has 3 N–H and O–H groups in total. The lowest BCUT2D eigenvalue weighted by Crippen LogP contribution is -2.37. The zero-order chi connectivity index (χ0) is 14.2. The minimum atomic E-state index is -0.657. The maximum absolute atomic E-state index is 11.8. The van der Waals surface area contributed by atoms with Gasteiger partial charge in [0.2, 0.25) is 5.91 Å². The first-order valence-corrected chi connectivity index (χ1v) is 7.96. The minimum absolute atomic E-state index is 0.124. The average molecular weight is 352 g/mol. The van der Waals surface area contributed by atoms with E-state index < -0.39 is 5.54 Å². The summed E-state index contributed by atoms with van der Waals surface area (Å²) in [6.07, 6.45) is 4.13. The summed E-state index contributed by atoms with van der Waals surface area (Å²) in [5.41, 5.74) is 6.39. The Morgan fingerprint density at radius 2 is 2.30 bits per heavy atom. The Kier molecular flexibility index (Phi) is 3.62. The SMILES string of the molecule is NC1(C(=O)Nc2ncc(Cc3cccc(Br)c3)s2)CC1. The number of anilines is 1. The van der Waals surface area contributed by atoms with Gasteiger partial charge in [0.05, 0.1) is 5.54 Å². The van der Waals surface area contributed by atoms with Gasteiger partial charge in [-0.15, -0.1) is 11.3 Å². The number of benzene rings is 1. The highest BCUT2D eigenvalue weighted by atomic mass is 79.9. The smallest absolute Gasteiger partial charge is 0.246 e. The van der Waals surface area contributed by atoms with Crippen LogP contribution in [-0.4, -0.2) is 16.4 Å². The number of aromatic nitrogens is 1. The normalized spacial score (nSPS) is 15.9. The van der Waals surface area contributed by atoms with Crippen molar-refractivity contribution in [1.82, 2.24) is 4.98 Å². The second kappa shape index (κ2) is 5.27. The van der Waals surface area contributed by atoms with E-state index in [1.54, 1.807) is 6.20 Å². The van der Waals surface area contributed by atoms with Gasteiger partial charge in [-0.05, 0) is 30.5 Å². The number of amides is 1. The summed E-state index contributed by atoms with van der Waals surface area (Å²) >= 11 is 4.95. The van der Waals surface area contributed by atoms with Crippen LogP contribution in [0.1, 0.15) is 23.3 Å². The van der Waals surface area contributed by atoms with E-state index in [0.29, 0.717) is 5.13 Å². The molecule has 1 aliphatic rings. The number of halogens is 1. The molecule has 1 amide bonds. The third-order valence-corrected chi connectivity index (χ3v) is 4.69. The molecule has 0 unspecified atom stereocenters. The molecule has 0 atom stereocenters. The molecule has 1 aromatic heterocycles. The van der Waals surface area contributed by atoms with Crippen LogP contribution in [0.25, 0.3) is 0 Å². The lowest BCUT2D eigenvalue weighted by Gasteiger charge is -2.06. The third kappa shape index (κ3) is 3.08. The van der Waals surface area contributed by atoms with Crippen LogP contribution in [-0.2, 0) is 11.2 Å². The fourth-order valence-corrected chi connectivity index (χ4v) is 3.17. The fraction of sp³-hybridized carbons (Fsp3) is 0.286. The number of thiazole rings is 1. The molecule has 6 heteroatoms. The number of carbonyl (C=O) groups is 1. The number of hydrogen-bond donors (Lipinski definition) is 2. The van der Waals surface area contributed by atoms with Crippen molar-refractivity contribution in [3.63, 3.8) is 0 Å². The largest absolute Gasteiger partial charge is 0.317 e. The maximum Gasteiger partial charge on any atom is 0.246 e. The van der Waals surface area contributed by atoms with Gasteiger partial charge in [-0.2, -0.15) is 0 Å². The predicted molar refractivity (Wildman–Crippen MR) is 83.8 cm³/mol. The van der Waals surface area contributed by atoms with Gasteiger partial charge < -0.3 is 11.1 Å². The van der Waals surface area contributed by atoms with Crippen LogP contribution in [0, 0.1) is 0 Å². The standard InChI is InChI=1S/C14H14BrN3OS/c15-10-3-1-2-9(6-10)7-11-8-17-13(20-11)18-12(19)14(16)4-5-14/h1-3,6,8H,4-5,7,16H2,(H,17,18,19). The fourth-order valence-electron chi connectivity index (χ4n) is 1.88. The van der Waals surface area contributed by atoms with E-state index in [1.807, 2.05) is 12.1 Å². The second-order valence-electron chi connectivity index (χ2n) is 5.05. The van der Waals surface area contributed by atoms with Crippen LogP contribution in [0.2, 0.25) is 0 Å². The van der Waals surface area contributed by atoms with Gasteiger partial charge in [-0.3, -0.25) is 4.79 Å². The lowest BCUT2D eigenvalue weighted by atomic mass is 10.1. The van der Waals surface area contributed by atoms with Crippen LogP contribution in [0.4, 0.5) is 5.13 Å². The van der Waals surface area contributed by atoms with Gasteiger partial charge in [0, 0.05) is 22.0 Å². The Hall–Kier alpha value is -1.24. The lowest BCUT2D eigenvalue weighted by molar-refractivity contribution is -0.118. The highest BCUT2D eigenvalue weighted by Gasteiger charge is 2.46. The molecule has 104 valence electrons. The third-order valence-electron chi connectivity index (χ3n) is 3.28. The van der Waals surface area contributed by atoms with E-state index in [9.17, 15) is 4.79 Å². The van der Waals surface area contributed by atoms with Crippen LogP contribution in [0.3, 0.4) is 0 Å². The Morgan fingerprint density at radius 1 is 1.50 bits per heavy atom. The van der Waals surface area contributed by atoms with Gasteiger partial charge in [0.15, 0.2) is 5.13 Å². The number of nitrogens with two attached hydrogens (primary N) is 1. The van der Waals surface area contributed by atoms with Crippen LogP contribution in [0.15, 0.2) is 34.9 Å². The van der Waals surface area contributed by atoms with Crippen molar-refractivity contribution in [3.8, 4) is 0 Å². The van der Waals surface area contributed by atoms with E-state index in [1.165, 1.54) is 16.9 Å². The Labute approximate surface area is 129 Å². The summed E-state index contributed by atoms with van der Waals surface area (Å²) in [7, 11) is 0. The molecule has 4 nitrogen and oxygen atoms in total. The number of rotatable bonds is 4. The summed E-state index contributed by atoms with van der Waals surface area (Å²) in [6.45, 7) is 0. The number of nitrogens with one attached hydrogen (secondary N) is 1. The Bertz CT molecular complexity index is 651. The van der Waals surface area contributed by atoms with Crippen molar-refractivity contribution in [2.45, 2.75) is 24.8 Å². The molecule has 0 aliphatic heterocycles. The molecule has 2 aromatic rings. The molecule has 1 fully saturated rings. The quantitative estimate of drug-likeness (QED) is 0.889. The highest BCUT2D eigenvalue weighted by molar-refractivity contribution is 9.10. The van der Waals surface area contributed by atoms with Crippen molar-refractivity contribution in [1.29, 1.82) is 0 Å². The summed E-state index contributed by atoms with van der Waals surface area (Å²) in [5.74, 6) is -0.124. The van der Waals surface area contributed by atoms with Crippen molar-refractivity contribution < 1.29 is 4.79 Å². The first-order chi connectivity index (χ1) is 9.55. The van der Waals surface area contributed by atoms with Gasteiger partial charge in [-0.25, -0.2) is 4.98 Å². The first kappa shape index (κ1) is 13.7. The van der Waals surface area contributed by atoms with Crippen LogP contribution in [0.5, 0.6) is 0 Å². The molecule has 1 aliphatic carbocycles. The van der Waals surface area contributed by atoms with Gasteiger partial charge >= 0.3 is 0 Å². The van der Waals surface area contributed by atoms with Gasteiger partial charge in [0.1, 0.15) is 0 Å². The Morgan fingerprint density at radius 3 is 3.00 bits per heavy atom. The van der Waals surface area contributed by atoms with Crippen molar-refractivity contribution in [2.75, 3.05) is 5.32 Å². The Balaban J connectivity index is 1.66. The summed E-state index contributed by atoms with van der Waals surface area (Å²) < 4.78 is 1.06. The van der Waals surface area contributed by atoms with Gasteiger partial charge in [-0.1, -0.05) is 28.1 Å². The van der Waals surface area contributed by atoms with E-state index in [2.05, 4.69) is 38.4 Å². The minimum Gasteiger partial charge on any atom is -0.317 e. The highest BCUT2D eigenvalue weighted by Crippen LogP contribution is 2.34. The van der Waals surface area contributed by atoms with E-state index >= 15 is 0 Å². The van der Waals surface area contributed by atoms with Crippen molar-refractivity contribution in [3.05, 3.63) is 45.4 Å². The average Bonchev–Trinajstić information content (AvgIpc) is 3.01. The van der Waals surface area contributed by atoms with Crippen molar-refractivity contribution >= 4 is 38.3 Å². The summed E-state index contributed by atoms with van der Waals surface area (Å²) in [4.78, 5) is 17.2. The molecular formula is C14H14BrN3OS. The van der Waals surface area contributed by atoms with E-state index in [0.717, 1.165) is 28.6 Å². The summed E-state index contributed by atoms with van der Waals surface area (Å²) in [5, 5.41) is 3.42. The van der Waals surface area contributed by atoms with Crippen LogP contribution < -0.4 is 11.1 Å². The molecule has 3 rings (SSSR count). The molecule has 1 saturated carbocycles. The van der Waals surface area contributed by atoms with E-state index in [-0.39, 0.29) is 5.91 Å². The number of carbonyl (C=O) groups excluding carboxylic acids is 1. The predicted octanol–water partition coefficient (Wildman–Crippen LogP) is 2.93. The maximum atomic E-state index is 11.8. The first-order valence-electron chi connectivity index (χ1n) is 6.35. The molecule has 0 spiro atoms. The van der Waals surface area contributed by atoms with Crippen molar-refractivity contribution in [2.24, 2.45) is 5.73 Å². The zero-order valence-corrected chi connectivity index (χ0v) is 13.1. The molecule has 1 aromatic carbocycles.